The minimum Gasteiger partial charge on any atom is -0.486 e. The first kappa shape index (κ1) is 20.6. The largest absolute Gasteiger partial charge is 0.486 e. The number of carbonyl (C=O) groups is 1. The molecule has 160 valence electrons. The van der Waals surface area contributed by atoms with E-state index in [4.69, 9.17) is 4.74 Å². The smallest absolute Gasteiger partial charge is 0.293 e. The van der Waals surface area contributed by atoms with Gasteiger partial charge >= 0.3 is 0 Å². The summed E-state index contributed by atoms with van der Waals surface area (Å²) in [4.78, 5) is 35.7. The van der Waals surface area contributed by atoms with E-state index in [1.165, 1.54) is 24.3 Å². The van der Waals surface area contributed by atoms with Crippen molar-refractivity contribution in [3.8, 4) is 5.75 Å². The Morgan fingerprint density at radius 3 is 2.74 bits per heavy atom. The highest BCUT2D eigenvalue weighted by Gasteiger charge is 2.60. The summed E-state index contributed by atoms with van der Waals surface area (Å²) in [6, 6.07) is 8.51. The number of nitrogens with one attached hydrogen (secondary N) is 2. The van der Waals surface area contributed by atoms with Gasteiger partial charge in [0.2, 0.25) is 11.7 Å². The minimum atomic E-state index is -0.823. The van der Waals surface area contributed by atoms with E-state index in [9.17, 15) is 18.4 Å². The summed E-state index contributed by atoms with van der Waals surface area (Å²) in [7, 11) is 0. The molecular weight excluding hydrogens is 406 g/mol. The molecule has 1 amide bonds. The third-order valence-corrected chi connectivity index (χ3v) is 5.41. The Morgan fingerprint density at radius 2 is 2.06 bits per heavy atom. The predicted molar refractivity (Wildman–Crippen MR) is 109 cm³/mol. The van der Waals surface area contributed by atoms with Crippen LogP contribution < -0.4 is 15.6 Å². The maximum absolute atomic E-state index is 13.9. The molecule has 1 aliphatic rings. The minimum absolute atomic E-state index is 0.0138. The summed E-state index contributed by atoms with van der Waals surface area (Å²) in [5.74, 6) is -1.10. The van der Waals surface area contributed by atoms with Gasteiger partial charge < -0.3 is 15.0 Å². The number of aromatic nitrogens is 3. The number of amides is 1. The first-order valence-corrected chi connectivity index (χ1v) is 9.67. The number of halogens is 2. The van der Waals surface area contributed by atoms with Gasteiger partial charge in [0.05, 0.1) is 24.4 Å². The zero-order valence-electron chi connectivity index (χ0n) is 16.9. The normalized spacial score (nSPS) is 19.7. The van der Waals surface area contributed by atoms with E-state index in [0.29, 0.717) is 23.5 Å². The van der Waals surface area contributed by atoms with Gasteiger partial charge in [-0.1, -0.05) is 12.1 Å². The van der Waals surface area contributed by atoms with Crippen LogP contribution in [0.25, 0.3) is 0 Å². The van der Waals surface area contributed by atoms with Gasteiger partial charge in [-0.15, -0.1) is 0 Å². The zero-order valence-corrected chi connectivity index (χ0v) is 16.9. The van der Waals surface area contributed by atoms with Gasteiger partial charge in [-0.05, 0) is 50.1 Å². The molecule has 2 atom stereocenters. The lowest BCUT2D eigenvalue weighted by Crippen LogP contribution is -2.28. The second kappa shape index (κ2) is 7.90. The van der Waals surface area contributed by atoms with E-state index in [2.05, 4.69) is 20.3 Å². The number of hydrogen-bond acceptors (Lipinski definition) is 5. The second-order valence-corrected chi connectivity index (χ2v) is 7.63. The Kier molecular flexibility index (Phi) is 5.26. The lowest BCUT2D eigenvalue weighted by molar-refractivity contribution is -0.117. The number of carbonyl (C=O) groups excluding carboxylic acids is 1. The quantitative estimate of drug-likeness (QED) is 0.632. The van der Waals surface area contributed by atoms with Crippen molar-refractivity contribution in [2.24, 2.45) is 5.92 Å². The summed E-state index contributed by atoms with van der Waals surface area (Å²) in [5, 5.41) is 2.65. The first-order chi connectivity index (χ1) is 14.8. The molecule has 1 fully saturated rings. The Hall–Kier alpha value is -3.62. The molecule has 0 bridgehead atoms. The van der Waals surface area contributed by atoms with E-state index in [1.807, 2.05) is 0 Å². The summed E-state index contributed by atoms with van der Waals surface area (Å²) >= 11 is 0. The summed E-state index contributed by atoms with van der Waals surface area (Å²) in [5.41, 5.74) is -0.228. The van der Waals surface area contributed by atoms with Crippen molar-refractivity contribution < 1.29 is 18.3 Å². The molecule has 0 unspecified atom stereocenters. The van der Waals surface area contributed by atoms with Crippen LogP contribution in [-0.4, -0.2) is 27.5 Å². The van der Waals surface area contributed by atoms with Crippen molar-refractivity contribution in [1.82, 2.24) is 15.0 Å². The van der Waals surface area contributed by atoms with Crippen LogP contribution in [0.5, 0.6) is 5.75 Å². The molecule has 2 N–H and O–H groups in total. The van der Waals surface area contributed by atoms with Gasteiger partial charge in [0, 0.05) is 5.41 Å². The Bertz CT molecular complexity index is 1200. The zero-order chi connectivity index (χ0) is 22.2. The summed E-state index contributed by atoms with van der Waals surface area (Å²) in [6.07, 6.45) is 1.39. The third-order valence-electron chi connectivity index (χ3n) is 5.41. The molecular formula is C22H20F2N4O3. The van der Waals surface area contributed by atoms with Crippen LogP contribution in [0.2, 0.25) is 0 Å². The van der Waals surface area contributed by atoms with Gasteiger partial charge in [0.15, 0.2) is 0 Å². The number of aryl methyl sites for hydroxylation is 2. The van der Waals surface area contributed by atoms with Gasteiger partial charge in [-0.2, -0.15) is 0 Å². The van der Waals surface area contributed by atoms with Crippen LogP contribution in [0, 0.1) is 31.4 Å². The second-order valence-electron chi connectivity index (χ2n) is 7.63. The fraction of sp³-hybridized carbons (Fsp3) is 0.273. The molecule has 0 aliphatic heterocycles. The number of H-pyrrole nitrogens is 1. The number of pyridine rings is 1. The van der Waals surface area contributed by atoms with E-state index >= 15 is 0 Å². The Morgan fingerprint density at radius 1 is 1.26 bits per heavy atom. The Balaban J connectivity index is 1.59. The molecule has 1 aliphatic carbocycles. The molecule has 0 spiro atoms. The van der Waals surface area contributed by atoms with E-state index in [1.54, 1.807) is 26.0 Å². The molecule has 4 rings (SSSR count). The number of rotatable bonds is 6. The van der Waals surface area contributed by atoms with Crippen LogP contribution in [0.15, 0.2) is 47.4 Å². The average molecular weight is 426 g/mol. The molecule has 2 heterocycles. The highest BCUT2D eigenvalue weighted by atomic mass is 19.1. The molecule has 7 nitrogen and oxygen atoms in total. The SMILES string of the molecule is Cc1nc(C)c(OC[C@@]2(c3cccc(F)c3)C[C@H]2C(=O)Nc2ccc(F)cn2)c(=O)[nH]1. The maximum Gasteiger partial charge on any atom is 0.293 e. The first-order valence-electron chi connectivity index (χ1n) is 9.67. The molecule has 0 saturated heterocycles. The fourth-order valence-corrected chi connectivity index (χ4v) is 3.76. The van der Waals surface area contributed by atoms with E-state index in [-0.39, 0.29) is 24.1 Å². The third kappa shape index (κ3) is 4.16. The molecule has 3 aromatic rings. The fourth-order valence-electron chi connectivity index (χ4n) is 3.76. The highest BCUT2D eigenvalue weighted by Crippen LogP contribution is 2.55. The molecule has 1 saturated carbocycles. The van der Waals surface area contributed by atoms with Crippen LogP contribution in [0.1, 0.15) is 23.5 Å². The van der Waals surface area contributed by atoms with Crippen molar-refractivity contribution in [2.75, 3.05) is 11.9 Å². The number of anilines is 1. The van der Waals surface area contributed by atoms with Crippen LogP contribution in [0.4, 0.5) is 14.6 Å². The number of benzene rings is 1. The average Bonchev–Trinajstić information content (AvgIpc) is 3.45. The van der Waals surface area contributed by atoms with Crippen molar-refractivity contribution in [3.63, 3.8) is 0 Å². The van der Waals surface area contributed by atoms with Gasteiger partial charge in [-0.25, -0.2) is 18.7 Å². The number of aromatic amines is 1. The lowest BCUT2D eigenvalue weighted by atomic mass is 9.93. The number of hydrogen-bond donors (Lipinski definition) is 2. The van der Waals surface area contributed by atoms with E-state index < -0.39 is 28.5 Å². The number of nitrogens with zero attached hydrogens (tertiary/aromatic N) is 2. The van der Waals surface area contributed by atoms with Crippen LogP contribution >= 0.6 is 0 Å². The standard InChI is InChI=1S/C22H20F2N4O3/c1-12-19(21(30)27-13(2)26-12)31-11-22(14-4-3-5-15(23)8-14)9-17(22)20(29)28-18-7-6-16(24)10-25-18/h3-8,10,17H,9,11H2,1-2H3,(H,25,28,29)(H,26,27,30)/t17-,22+/m0/s1. The molecule has 9 heteroatoms. The molecule has 0 radical (unpaired) electrons. The highest BCUT2D eigenvalue weighted by molar-refractivity contribution is 5.95. The van der Waals surface area contributed by atoms with Crippen molar-refractivity contribution in [2.45, 2.75) is 25.7 Å². The summed E-state index contributed by atoms with van der Waals surface area (Å²) in [6.45, 7) is 3.31. The van der Waals surface area contributed by atoms with Gasteiger partial charge in [0.1, 0.15) is 23.3 Å². The monoisotopic (exact) mass is 426 g/mol. The maximum atomic E-state index is 13.9. The molecule has 31 heavy (non-hydrogen) atoms. The molecule has 2 aromatic heterocycles. The van der Waals surface area contributed by atoms with Crippen LogP contribution in [0.3, 0.4) is 0 Å². The van der Waals surface area contributed by atoms with Crippen molar-refractivity contribution in [3.05, 3.63) is 81.7 Å². The van der Waals surface area contributed by atoms with E-state index in [0.717, 1.165) is 6.20 Å². The molecule has 1 aromatic carbocycles. The van der Waals surface area contributed by atoms with Gasteiger partial charge in [0.25, 0.3) is 5.56 Å². The van der Waals surface area contributed by atoms with Gasteiger partial charge in [-0.3, -0.25) is 9.59 Å². The van der Waals surface area contributed by atoms with Crippen LogP contribution in [-0.2, 0) is 10.2 Å². The van der Waals surface area contributed by atoms with Crippen molar-refractivity contribution in [1.29, 1.82) is 0 Å². The summed E-state index contributed by atoms with van der Waals surface area (Å²) < 4.78 is 32.8. The lowest BCUT2D eigenvalue weighted by Gasteiger charge is -2.19. The Labute approximate surface area is 176 Å². The topological polar surface area (TPSA) is 97.0 Å². The van der Waals surface area contributed by atoms with Crippen molar-refractivity contribution >= 4 is 11.7 Å². The number of ether oxygens (including phenoxy) is 1. The predicted octanol–water partition coefficient (Wildman–Crippen LogP) is 3.04.